The highest BCUT2D eigenvalue weighted by Gasteiger charge is 2.70. The lowest BCUT2D eigenvalue weighted by Gasteiger charge is -2.56. The normalized spacial score (nSPS) is 45.6. The molecule has 4 heteroatoms. The number of ether oxygens (including phenoxy) is 2. The van der Waals surface area contributed by atoms with Crippen molar-refractivity contribution in [3.05, 3.63) is 45.6 Å². The third kappa shape index (κ3) is 2.45. The van der Waals surface area contributed by atoms with Crippen LogP contribution in [-0.4, -0.2) is 23.1 Å². The molecule has 0 aromatic rings. The van der Waals surface area contributed by atoms with E-state index >= 15 is 0 Å². The predicted octanol–water partition coefficient (Wildman–Crippen LogP) is 6.52. The van der Waals surface area contributed by atoms with E-state index in [1.807, 2.05) is 13.8 Å². The minimum atomic E-state index is -1.06. The average Bonchev–Trinajstić information content (AvgIpc) is 3.18. The largest absolute Gasteiger partial charge is 0.442 e. The first-order valence-corrected chi connectivity index (χ1v) is 13.3. The molecule has 6 unspecified atom stereocenters. The Bertz CT molecular complexity index is 1060. The van der Waals surface area contributed by atoms with Gasteiger partial charge < -0.3 is 9.47 Å². The van der Waals surface area contributed by atoms with E-state index in [4.69, 9.17) is 9.47 Å². The van der Waals surface area contributed by atoms with Crippen molar-refractivity contribution >= 4 is 11.9 Å². The molecule has 6 aliphatic rings. The molecule has 0 aromatic heterocycles. The van der Waals surface area contributed by atoms with Crippen molar-refractivity contribution in [2.24, 2.45) is 22.7 Å². The molecule has 0 bridgehead atoms. The summed E-state index contributed by atoms with van der Waals surface area (Å²) < 4.78 is 12.9. The monoisotopic (exact) mass is 462 g/mol. The van der Waals surface area contributed by atoms with Crippen LogP contribution in [0.2, 0.25) is 0 Å². The Morgan fingerprint density at radius 2 is 1.12 bits per heavy atom. The van der Waals surface area contributed by atoms with Crippen molar-refractivity contribution < 1.29 is 19.1 Å². The summed E-state index contributed by atoms with van der Waals surface area (Å²) >= 11 is 0. The standard InChI is InChI=1S/C30H38O4/c1-17-9-7-11-21-13-29(23(15-27(17,21)5)19(3)25(31)33-29)30-14-22-12-8-10-18(2)28(22,6)16-24(30)20(4)26(32)34-30/h13-14,17-18H,7-12,15-16H2,1-6H3. The third-order valence-corrected chi connectivity index (χ3v) is 11.1. The van der Waals surface area contributed by atoms with Gasteiger partial charge in [-0.1, -0.05) is 38.8 Å². The van der Waals surface area contributed by atoms with Crippen LogP contribution in [0.1, 0.15) is 92.9 Å². The lowest BCUT2D eigenvalue weighted by molar-refractivity contribution is -0.170. The van der Waals surface area contributed by atoms with Gasteiger partial charge in [0.25, 0.3) is 0 Å². The molecule has 0 saturated heterocycles. The summed E-state index contributed by atoms with van der Waals surface area (Å²) in [4.78, 5) is 26.5. The fourth-order valence-corrected chi connectivity index (χ4v) is 8.26. The number of esters is 2. The van der Waals surface area contributed by atoms with E-state index in [2.05, 4.69) is 39.8 Å². The van der Waals surface area contributed by atoms with Crippen molar-refractivity contribution in [3.8, 4) is 0 Å². The van der Waals surface area contributed by atoms with Gasteiger partial charge in [0.05, 0.1) is 0 Å². The van der Waals surface area contributed by atoms with E-state index in [0.717, 1.165) is 49.7 Å². The first-order chi connectivity index (χ1) is 16.0. The zero-order valence-electron chi connectivity index (χ0n) is 21.6. The Labute approximate surface area is 203 Å². The van der Waals surface area contributed by atoms with Gasteiger partial charge in [-0.2, -0.15) is 0 Å². The Balaban J connectivity index is 1.65. The van der Waals surface area contributed by atoms with Crippen LogP contribution in [0.15, 0.2) is 45.6 Å². The van der Waals surface area contributed by atoms with Crippen LogP contribution in [0, 0.1) is 22.7 Å². The molecular formula is C30H38O4. The molecule has 4 nitrogen and oxygen atoms in total. The van der Waals surface area contributed by atoms with Gasteiger partial charge in [0.15, 0.2) is 11.2 Å². The molecule has 6 atom stereocenters. The Hall–Kier alpha value is -2.10. The molecular weight excluding hydrogens is 424 g/mol. The number of rotatable bonds is 1. The molecule has 2 heterocycles. The summed E-state index contributed by atoms with van der Waals surface area (Å²) in [5.41, 5.74) is 4.12. The molecule has 0 spiro atoms. The predicted molar refractivity (Wildman–Crippen MR) is 131 cm³/mol. The molecule has 0 radical (unpaired) electrons. The molecule has 2 saturated carbocycles. The maximum absolute atomic E-state index is 13.2. The number of fused-ring (bicyclic) bond motifs is 5. The van der Waals surface area contributed by atoms with Crippen LogP contribution in [0.4, 0.5) is 0 Å². The second-order valence-electron chi connectivity index (χ2n) is 12.6. The maximum Gasteiger partial charge on any atom is 0.335 e. The van der Waals surface area contributed by atoms with E-state index in [-0.39, 0.29) is 22.8 Å². The van der Waals surface area contributed by atoms with Gasteiger partial charge in [0.2, 0.25) is 0 Å². The highest BCUT2D eigenvalue weighted by Crippen LogP contribution is 2.66. The third-order valence-electron chi connectivity index (χ3n) is 11.1. The Morgan fingerprint density at radius 3 is 1.50 bits per heavy atom. The summed E-state index contributed by atoms with van der Waals surface area (Å²) in [6.45, 7) is 13.2. The Morgan fingerprint density at radius 1 is 0.735 bits per heavy atom. The van der Waals surface area contributed by atoms with Gasteiger partial charge in [0.1, 0.15) is 0 Å². The molecule has 0 amide bonds. The van der Waals surface area contributed by atoms with Crippen molar-refractivity contribution in [3.63, 3.8) is 0 Å². The van der Waals surface area contributed by atoms with Gasteiger partial charge in [-0.05, 0) is 111 Å². The lowest BCUT2D eigenvalue weighted by atomic mass is 9.51. The summed E-state index contributed by atoms with van der Waals surface area (Å²) in [6, 6.07) is 0. The average molecular weight is 463 g/mol. The number of hydrogen-bond donors (Lipinski definition) is 0. The fourth-order valence-electron chi connectivity index (χ4n) is 8.26. The minimum Gasteiger partial charge on any atom is -0.442 e. The fraction of sp³-hybridized carbons (Fsp3) is 0.667. The molecule has 34 heavy (non-hydrogen) atoms. The number of carbonyl (C=O) groups is 2. The molecule has 2 fully saturated rings. The van der Waals surface area contributed by atoms with Crippen molar-refractivity contribution in [1.29, 1.82) is 0 Å². The summed E-state index contributed by atoms with van der Waals surface area (Å²) in [7, 11) is 0. The highest BCUT2D eigenvalue weighted by molar-refractivity contribution is 5.97. The Kier molecular flexibility index (Phi) is 4.45. The van der Waals surface area contributed by atoms with E-state index in [9.17, 15) is 9.59 Å². The lowest BCUT2D eigenvalue weighted by Crippen LogP contribution is -2.60. The van der Waals surface area contributed by atoms with Crippen molar-refractivity contribution in [1.82, 2.24) is 0 Å². The van der Waals surface area contributed by atoms with Crippen LogP contribution >= 0.6 is 0 Å². The van der Waals surface area contributed by atoms with E-state index < -0.39 is 11.2 Å². The van der Waals surface area contributed by atoms with Gasteiger partial charge in [0, 0.05) is 11.1 Å². The molecule has 2 aliphatic heterocycles. The smallest absolute Gasteiger partial charge is 0.335 e. The van der Waals surface area contributed by atoms with Gasteiger partial charge in [-0.15, -0.1) is 0 Å². The topological polar surface area (TPSA) is 52.6 Å². The van der Waals surface area contributed by atoms with Crippen LogP contribution < -0.4 is 0 Å². The molecule has 182 valence electrons. The highest BCUT2D eigenvalue weighted by atomic mass is 16.6. The van der Waals surface area contributed by atoms with E-state index in [0.29, 0.717) is 23.0 Å². The summed E-state index contributed by atoms with van der Waals surface area (Å²) in [6.07, 6.45) is 12.8. The molecule has 0 aromatic carbocycles. The van der Waals surface area contributed by atoms with Crippen LogP contribution in [0.3, 0.4) is 0 Å². The van der Waals surface area contributed by atoms with Gasteiger partial charge >= 0.3 is 11.9 Å². The number of allylic oxidation sites excluding steroid dienone is 2. The van der Waals surface area contributed by atoms with Crippen molar-refractivity contribution in [2.75, 3.05) is 0 Å². The van der Waals surface area contributed by atoms with E-state index in [1.165, 1.54) is 24.0 Å². The quantitative estimate of drug-likeness (QED) is 0.329. The molecule has 0 N–H and O–H groups in total. The SMILES string of the molecule is CC1=C2CC3(C)C(=CC2(C24C=C5CCCC(C)C5(C)CC2=C(C)C(=O)O4)OC1=O)CCCC3C. The molecule has 4 aliphatic carbocycles. The van der Waals surface area contributed by atoms with Crippen LogP contribution in [-0.2, 0) is 19.1 Å². The number of carbonyl (C=O) groups excluding carboxylic acids is 2. The summed E-state index contributed by atoms with van der Waals surface area (Å²) in [5.74, 6) is 0.544. The van der Waals surface area contributed by atoms with Crippen LogP contribution in [0.5, 0.6) is 0 Å². The minimum absolute atomic E-state index is 0.0141. The zero-order chi connectivity index (χ0) is 24.3. The number of hydrogen-bond acceptors (Lipinski definition) is 4. The van der Waals surface area contributed by atoms with E-state index in [1.54, 1.807) is 0 Å². The second-order valence-corrected chi connectivity index (χ2v) is 12.6. The second kappa shape index (κ2) is 6.77. The maximum atomic E-state index is 13.2. The first-order valence-electron chi connectivity index (χ1n) is 13.3. The molecule has 6 rings (SSSR count). The van der Waals surface area contributed by atoms with Crippen molar-refractivity contribution in [2.45, 2.75) is 104 Å². The van der Waals surface area contributed by atoms with Gasteiger partial charge in [-0.3, -0.25) is 0 Å². The zero-order valence-corrected chi connectivity index (χ0v) is 21.6. The first kappa shape index (κ1) is 22.4. The van der Waals surface area contributed by atoms with Crippen LogP contribution in [0.25, 0.3) is 0 Å². The van der Waals surface area contributed by atoms with Gasteiger partial charge in [-0.25, -0.2) is 9.59 Å². The summed E-state index contributed by atoms with van der Waals surface area (Å²) in [5, 5.41) is 0.